The Kier molecular flexibility index (Phi) is 14.8. The van der Waals surface area contributed by atoms with E-state index in [1.807, 2.05) is 25.1 Å². The van der Waals surface area contributed by atoms with E-state index < -0.39 is 23.4 Å². The fraction of sp³-hybridized carbons (Fsp3) is 0.645. The summed E-state index contributed by atoms with van der Waals surface area (Å²) in [5.41, 5.74) is 1.26. The fourth-order valence-electron chi connectivity index (χ4n) is 5.47. The van der Waals surface area contributed by atoms with Gasteiger partial charge in [-0.05, 0) is 82.1 Å². The summed E-state index contributed by atoms with van der Waals surface area (Å²) in [5, 5.41) is 34.1. The van der Waals surface area contributed by atoms with Crippen LogP contribution in [0.4, 0.5) is 0 Å². The van der Waals surface area contributed by atoms with Gasteiger partial charge in [-0.25, -0.2) is 0 Å². The number of aliphatic hydroxyl groups excluding tert-OH is 2. The van der Waals surface area contributed by atoms with E-state index in [4.69, 9.17) is 4.84 Å². The van der Waals surface area contributed by atoms with Gasteiger partial charge in [-0.15, -0.1) is 10.1 Å². The number of rotatable bonds is 18. The Morgan fingerprint density at radius 1 is 1.15 bits per heavy atom. The molecular weight excluding hydrogens is 496 g/mol. The van der Waals surface area contributed by atoms with Crippen molar-refractivity contribution in [1.82, 2.24) is 5.32 Å². The summed E-state index contributed by atoms with van der Waals surface area (Å²) < 4.78 is 0. The van der Waals surface area contributed by atoms with Gasteiger partial charge in [-0.2, -0.15) is 0 Å². The quantitative estimate of drug-likeness (QED) is 0.0982. The van der Waals surface area contributed by atoms with Crippen molar-refractivity contribution in [2.45, 2.75) is 96.9 Å². The molecule has 39 heavy (non-hydrogen) atoms. The highest BCUT2D eigenvalue weighted by atomic mass is 17.0. The number of carbonyl (C=O) groups is 1. The number of nitrogens with one attached hydrogen (secondary N) is 1. The van der Waals surface area contributed by atoms with Gasteiger partial charge in [0.25, 0.3) is 5.09 Å². The van der Waals surface area contributed by atoms with Crippen LogP contribution in [0.15, 0.2) is 54.6 Å². The third kappa shape index (κ3) is 12.3. The zero-order chi connectivity index (χ0) is 28.6. The average molecular weight is 545 g/mol. The molecule has 8 heteroatoms. The maximum atomic E-state index is 11.6. The second-order valence-electron chi connectivity index (χ2n) is 10.9. The Bertz CT molecular complexity index is 906. The summed E-state index contributed by atoms with van der Waals surface area (Å²) in [5.74, 6) is 0.372. The van der Waals surface area contributed by atoms with Crippen LogP contribution >= 0.6 is 0 Å². The highest BCUT2D eigenvalue weighted by molar-refractivity contribution is 5.75. The third-order valence-electron chi connectivity index (χ3n) is 7.85. The van der Waals surface area contributed by atoms with E-state index in [9.17, 15) is 25.1 Å². The molecule has 1 aromatic rings. The van der Waals surface area contributed by atoms with Gasteiger partial charge in [-0.1, -0.05) is 61.6 Å². The van der Waals surface area contributed by atoms with Crippen molar-refractivity contribution < 1.29 is 24.9 Å². The lowest BCUT2D eigenvalue weighted by Gasteiger charge is -2.24. The maximum absolute atomic E-state index is 11.6. The van der Waals surface area contributed by atoms with Crippen molar-refractivity contribution in [3.05, 3.63) is 70.3 Å². The van der Waals surface area contributed by atoms with Gasteiger partial charge in [0.2, 0.25) is 5.91 Å². The first-order chi connectivity index (χ1) is 18.7. The van der Waals surface area contributed by atoms with E-state index in [1.54, 1.807) is 6.92 Å². The zero-order valence-electron chi connectivity index (χ0n) is 23.8. The predicted octanol–water partition coefficient (Wildman–Crippen LogP) is 5.42. The van der Waals surface area contributed by atoms with E-state index in [0.717, 1.165) is 32.1 Å². The normalized spacial score (nSPS) is 23.6. The second kappa shape index (κ2) is 17.8. The van der Waals surface area contributed by atoms with Crippen LogP contribution in [0.1, 0.15) is 77.7 Å². The van der Waals surface area contributed by atoms with Crippen LogP contribution in [-0.4, -0.2) is 46.1 Å². The number of hydrogen-bond donors (Lipinski definition) is 3. The monoisotopic (exact) mass is 544 g/mol. The van der Waals surface area contributed by atoms with Crippen LogP contribution in [0, 0.1) is 33.8 Å². The lowest BCUT2D eigenvalue weighted by atomic mass is 9.82. The molecule has 0 saturated heterocycles. The minimum Gasteiger partial charge on any atom is -0.393 e. The van der Waals surface area contributed by atoms with Crippen molar-refractivity contribution in [3.8, 4) is 0 Å². The average Bonchev–Trinajstić information content (AvgIpc) is 3.16. The molecule has 1 fully saturated rings. The molecule has 1 aliphatic carbocycles. The molecule has 1 aliphatic rings. The van der Waals surface area contributed by atoms with E-state index in [0.29, 0.717) is 32.2 Å². The van der Waals surface area contributed by atoms with Gasteiger partial charge in [0.1, 0.15) is 6.10 Å². The SMILES string of the molecule is CCNC(=O)CCC/C=C\C[C@@H]1[C@@H](/C=C/[C@@H](CCc2ccccc2)C(C)CC[C@@H](C)O[N+](=O)[O-])[C@H](O)C[C@@H]1O. The Hall–Kier alpha value is -2.71. The van der Waals surface area contributed by atoms with Gasteiger partial charge < -0.3 is 20.4 Å². The molecule has 0 bridgehead atoms. The molecule has 1 amide bonds. The molecule has 0 aliphatic heterocycles. The van der Waals surface area contributed by atoms with Gasteiger partial charge in [0, 0.05) is 25.3 Å². The minimum atomic E-state index is -0.729. The molecule has 7 atom stereocenters. The summed E-state index contributed by atoms with van der Waals surface area (Å²) in [4.78, 5) is 27.0. The smallest absolute Gasteiger partial charge is 0.294 e. The second-order valence-corrected chi connectivity index (χ2v) is 10.9. The largest absolute Gasteiger partial charge is 0.393 e. The summed E-state index contributed by atoms with van der Waals surface area (Å²) in [6.07, 6.45) is 13.2. The zero-order valence-corrected chi connectivity index (χ0v) is 23.8. The van der Waals surface area contributed by atoms with Crippen molar-refractivity contribution in [3.63, 3.8) is 0 Å². The van der Waals surface area contributed by atoms with E-state index >= 15 is 0 Å². The third-order valence-corrected chi connectivity index (χ3v) is 7.85. The Morgan fingerprint density at radius 2 is 1.90 bits per heavy atom. The first-order valence-corrected chi connectivity index (χ1v) is 14.5. The molecule has 3 N–H and O–H groups in total. The number of unbranched alkanes of at least 4 members (excludes halogenated alkanes) is 1. The van der Waals surface area contributed by atoms with Crippen LogP contribution < -0.4 is 5.32 Å². The molecule has 2 rings (SSSR count). The Morgan fingerprint density at radius 3 is 2.59 bits per heavy atom. The van der Waals surface area contributed by atoms with Crippen LogP contribution in [0.25, 0.3) is 0 Å². The Balaban J connectivity index is 2.01. The molecule has 0 radical (unpaired) electrons. The van der Waals surface area contributed by atoms with Crippen molar-refractivity contribution >= 4 is 5.91 Å². The summed E-state index contributed by atoms with van der Waals surface area (Å²) >= 11 is 0. The number of benzene rings is 1. The number of aliphatic hydroxyl groups is 2. The van der Waals surface area contributed by atoms with Gasteiger partial charge in [-0.3, -0.25) is 4.79 Å². The molecular formula is C31H48N2O6. The van der Waals surface area contributed by atoms with Crippen molar-refractivity contribution in [2.24, 2.45) is 23.7 Å². The molecule has 1 aromatic carbocycles. The number of hydrogen-bond acceptors (Lipinski definition) is 6. The maximum Gasteiger partial charge on any atom is 0.294 e. The topological polar surface area (TPSA) is 122 Å². The number of aryl methyl sites for hydroxylation is 1. The molecule has 0 aromatic heterocycles. The number of carbonyl (C=O) groups excluding carboxylic acids is 1. The first-order valence-electron chi connectivity index (χ1n) is 14.5. The first kappa shape index (κ1) is 32.5. The predicted molar refractivity (Wildman–Crippen MR) is 153 cm³/mol. The van der Waals surface area contributed by atoms with Crippen LogP contribution in [-0.2, 0) is 16.1 Å². The highest BCUT2D eigenvalue weighted by Crippen LogP contribution is 2.37. The summed E-state index contributed by atoms with van der Waals surface area (Å²) in [6, 6.07) is 10.3. The Labute approximate surface area is 233 Å². The molecule has 0 heterocycles. The molecule has 218 valence electrons. The molecule has 1 saturated carbocycles. The number of allylic oxidation sites excluding steroid dienone is 3. The van der Waals surface area contributed by atoms with Gasteiger partial charge in [0.15, 0.2) is 0 Å². The van der Waals surface area contributed by atoms with E-state index in [1.165, 1.54) is 5.56 Å². The molecule has 8 nitrogen and oxygen atoms in total. The summed E-state index contributed by atoms with van der Waals surface area (Å²) in [7, 11) is 0. The van der Waals surface area contributed by atoms with E-state index in [2.05, 4.69) is 48.7 Å². The standard InChI is InChI=1S/C31H48N2O6/c1-4-32-31(36)15-11-6-5-10-14-27-28(30(35)22-29(27)34)21-20-26(19-18-25-12-8-7-9-13-25)23(2)16-17-24(3)39-33(37)38/h5,7-10,12-13,20-21,23-24,26-30,34-35H,4,6,11,14-19,22H2,1-3H3,(H,32,36)/b10-5-,21-20+/t23?,24-,26-,27-,28-,29+,30-/m1/s1. The molecule has 1 unspecified atom stereocenters. The molecule has 0 spiro atoms. The minimum absolute atomic E-state index is 0.0607. The lowest BCUT2D eigenvalue weighted by molar-refractivity contribution is -0.767. The lowest BCUT2D eigenvalue weighted by Crippen LogP contribution is -2.22. The summed E-state index contributed by atoms with van der Waals surface area (Å²) in [6.45, 7) is 6.44. The van der Waals surface area contributed by atoms with Gasteiger partial charge >= 0.3 is 0 Å². The highest BCUT2D eigenvalue weighted by Gasteiger charge is 2.39. The van der Waals surface area contributed by atoms with Crippen LogP contribution in [0.3, 0.4) is 0 Å². The van der Waals surface area contributed by atoms with Crippen molar-refractivity contribution in [2.75, 3.05) is 6.54 Å². The fourth-order valence-corrected chi connectivity index (χ4v) is 5.47. The van der Waals surface area contributed by atoms with Crippen molar-refractivity contribution in [1.29, 1.82) is 0 Å². The van der Waals surface area contributed by atoms with Crippen LogP contribution in [0.5, 0.6) is 0 Å². The van der Waals surface area contributed by atoms with Gasteiger partial charge in [0.05, 0.1) is 12.2 Å². The number of amides is 1. The number of nitrogens with zero attached hydrogens (tertiary/aromatic N) is 1. The van der Waals surface area contributed by atoms with E-state index in [-0.39, 0.29) is 29.6 Å². The van der Waals surface area contributed by atoms with Crippen LogP contribution in [0.2, 0.25) is 0 Å².